The summed E-state index contributed by atoms with van der Waals surface area (Å²) in [5, 5.41) is 21.0. The number of aromatic nitrogens is 1. The highest BCUT2D eigenvalue weighted by Gasteiger charge is 2.18. The molecule has 2 N–H and O–H groups in total. The topological polar surface area (TPSA) is 77.8 Å². The van der Waals surface area contributed by atoms with Crippen molar-refractivity contribution < 1.29 is 9.90 Å². The van der Waals surface area contributed by atoms with Crippen molar-refractivity contribution >= 4 is 41.0 Å². The van der Waals surface area contributed by atoms with Crippen molar-refractivity contribution in [3.05, 3.63) is 84.9 Å². The largest absolute Gasteiger partial charge is 0.493 e. The molecular formula is C22H18N3O2P. The molecule has 0 unspecified atom stereocenters. The van der Waals surface area contributed by atoms with Crippen LogP contribution in [0.25, 0.3) is 10.9 Å². The summed E-state index contributed by atoms with van der Waals surface area (Å²) >= 11 is 0. The van der Waals surface area contributed by atoms with Crippen LogP contribution in [0.5, 0.6) is 5.88 Å². The normalized spacial score (nSPS) is 11.5. The molecule has 0 saturated heterocycles. The Kier molecular flexibility index (Phi) is 5.27. The highest BCUT2D eigenvalue weighted by Crippen LogP contribution is 2.36. The Morgan fingerprint density at radius 3 is 2.07 bits per heavy atom. The van der Waals surface area contributed by atoms with Gasteiger partial charge in [-0.3, -0.25) is 4.79 Å². The summed E-state index contributed by atoms with van der Waals surface area (Å²) in [6.45, 7) is 0. The number of azo groups is 1. The molecule has 3 aromatic carbocycles. The number of nitrogens with zero attached hydrogens (tertiary/aromatic N) is 2. The Balaban J connectivity index is 1.60. The minimum atomic E-state index is -0.875. The third-order valence-electron chi connectivity index (χ3n) is 4.35. The predicted octanol–water partition coefficient (Wildman–Crippen LogP) is 4.62. The number of aromatic amines is 1. The first-order valence-electron chi connectivity index (χ1n) is 8.84. The number of H-pyrrole nitrogens is 1. The standard InChI is InChI=1S/C22H18N3O2P/c26-20(24-25-21-18-13-7-8-14-19(18)23-22(21)27)15-28(16-9-3-1-4-10-16)17-11-5-2-6-12-17/h1-14,23,27H,15H2. The Labute approximate surface area is 163 Å². The van der Waals surface area contributed by atoms with Crippen molar-refractivity contribution in [2.24, 2.45) is 10.2 Å². The van der Waals surface area contributed by atoms with Crippen LogP contribution in [0.1, 0.15) is 0 Å². The zero-order chi connectivity index (χ0) is 19.3. The monoisotopic (exact) mass is 387 g/mol. The molecule has 0 aliphatic carbocycles. The van der Waals surface area contributed by atoms with Crippen LogP contribution in [0.4, 0.5) is 5.69 Å². The van der Waals surface area contributed by atoms with Gasteiger partial charge in [-0.05, 0) is 24.6 Å². The van der Waals surface area contributed by atoms with E-state index in [2.05, 4.69) is 15.2 Å². The van der Waals surface area contributed by atoms with E-state index in [1.807, 2.05) is 84.9 Å². The molecule has 0 atom stereocenters. The van der Waals surface area contributed by atoms with Crippen LogP contribution in [0.15, 0.2) is 95.2 Å². The predicted molar refractivity (Wildman–Crippen MR) is 113 cm³/mol. The van der Waals surface area contributed by atoms with Gasteiger partial charge >= 0.3 is 0 Å². The van der Waals surface area contributed by atoms with Crippen LogP contribution in [0.2, 0.25) is 0 Å². The van der Waals surface area contributed by atoms with Gasteiger partial charge in [-0.25, -0.2) is 0 Å². The number of hydrogen-bond acceptors (Lipinski definition) is 3. The van der Waals surface area contributed by atoms with Crippen molar-refractivity contribution in [3.8, 4) is 5.88 Å². The minimum Gasteiger partial charge on any atom is -0.493 e. The van der Waals surface area contributed by atoms with E-state index in [1.165, 1.54) is 0 Å². The van der Waals surface area contributed by atoms with E-state index < -0.39 is 7.92 Å². The summed E-state index contributed by atoms with van der Waals surface area (Å²) in [5.41, 5.74) is 1.03. The maximum absolute atomic E-state index is 12.6. The lowest BCUT2D eigenvalue weighted by atomic mass is 10.2. The molecule has 1 heterocycles. The number of rotatable bonds is 5. The molecule has 0 bridgehead atoms. The smallest absolute Gasteiger partial charge is 0.269 e. The average molecular weight is 387 g/mol. The lowest BCUT2D eigenvalue weighted by Gasteiger charge is -2.16. The molecule has 6 heteroatoms. The third kappa shape index (κ3) is 3.85. The zero-order valence-electron chi connectivity index (χ0n) is 15.0. The van der Waals surface area contributed by atoms with Crippen molar-refractivity contribution in [3.63, 3.8) is 0 Å². The van der Waals surface area contributed by atoms with Gasteiger partial charge in [0.05, 0.1) is 11.7 Å². The quantitative estimate of drug-likeness (QED) is 0.387. The van der Waals surface area contributed by atoms with Crippen LogP contribution in [0, 0.1) is 0 Å². The summed E-state index contributed by atoms with van der Waals surface area (Å²) in [6.07, 6.45) is 0.260. The fourth-order valence-electron chi connectivity index (χ4n) is 3.03. The van der Waals surface area contributed by atoms with Crippen LogP contribution < -0.4 is 10.6 Å². The van der Waals surface area contributed by atoms with E-state index >= 15 is 0 Å². The first-order valence-corrected chi connectivity index (χ1v) is 10.4. The molecule has 1 amide bonds. The Hall–Kier alpha value is -3.30. The number of benzene rings is 3. The van der Waals surface area contributed by atoms with Crippen LogP contribution in [0.3, 0.4) is 0 Å². The fourth-order valence-corrected chi connectivity index (χ4v) is 5.10. The second kappa shape index (κ2) is 8.15. The fraction of sp³-hybridized carbons (Fsp3) is 0.0455. The number of carbonyl (C=O) groups is 1. The Bertz CT molecular complexity index is 1080. The number of aromatic hydroxyl groups is 1. The molecule has 4 aromatic rings. The third-order valence-corrected chi connectivity index (χ3v) is 6.78. The van der Waals surface area contributed by atoms with Crippen LogP contribution >= 0.6 is 7.92 Å². The van der Waals surface area contributed by atoms with E-state index in [9.17, 15) is 9.90 Å². The van der Waals surface area contributed by atoms with Gasteiger partial charge in [0.2, 0.25) is 5.88 Å². The van der Waals surface area contributed by atoms with Gasteiger partial charge in [-0.2, -0.15) is 0 Å². The molecule has 0 saturated carbocycles. The lowest BCUT2D eigenvalue weighted by Crippen LogP contribution is -2.17. The number of carbonyl (C=O) groups excluding carboxylic acids is 1. The maximum Gasteiger partial charge on any atom is 0.269 e. The maximum atomic E-state index is 12.6. The molecule has 138 valence electrons. The molecule has 0 aliphatic heterocycles. The van der Waals surface area contributed by atoms with Gasteiger partial charge in [0.25, 0.3) is 5.91 Å². The number of para-hydroxylation sites is 1. The van der Waals surface area contributed by atoms with Gasteiger partial charge < -0.3 is 10.1 Å². The molecule has 4 rings (SSSR count). The van der Waals surface area contributed by atoms with Gasteiger partial charge in [0.15, 0.2) is 5.69 Å². The molecule has 28 heavy (non-hydrogen) atoms. The minimum absolute atomic E-state index is 0.0915. The van der Waals surface area contributed by atoms with E-state index in [0.29, 0.717) is 0 Å². The summed E-state index contributed by atoms with van der Waals surface area (Å²) in [4.78, 5) is 15.4. The SMILES string of the molecule is O=C(CP(c1ccccc1)c1ccccc1)N=Nc1c(O)[nH]c2ccccc12. The lowest BCUT2D eigenvalue weighted by molar-refractivity contribution is -0.115. The molecule has 1 aromatic heterocycles. The van der Waals surface area contributed by atoms with E-state index in [1.54, 1.807) is 0 Å². The summed E-state index contributed by atoms with van der Waals surface area (Å²) in [5.74, 6) is -0.408. The number of fused-ring (bicyclic) bond motifs is 1. The van der Waals surface area contributed by atoms with Gasteiger partial charge in [0.1, 0.15) is 0 Å². The van der Waals surface area contributed by atoms with Crippen LogP contribution in [-0.2, 0) is 4.79 Å². The Morgan fingerprint density at radius 1 is 0.857 bits per heavy atom. The van der Waals surface area contributed by atoms with Crippen molar-refractivity contribution in [2.75, 3.05) is 6.16 Å². The first-order chi connectivity index (χ1) is 13.7. The summed E-state index contributed by atoms with van der Waals surface area (Å²) in [7, 11) is -0.875. The second-order valence-electron chi connectivity index (χ2n) is 6.22. The van der Waals surface area contributed by atoms with E-state index in [0.717, 1.165) is 21.5 Å². The summed E-state index contributed by atoms with van der Waals surface area (Å²) in [6, 6.07) is 27.3. The van der Waals surface area contributed by atoms with Gasteiger partial charge in [0, 0.05) is 5.39 Å². The second-order valence-corrected chi connectivity index (χ2v) is 8.42. The molecule has 0 spiro atoms. The van der Waals surface area contributed by atoms with Gasteiger partial charge in [-0.15, -0.1) is 10.2 Å². The van der Waals surface area contributed by atoms with Gasteiger partial charge in [-0.1, -0.05) is 78.9 Å². The Morgan fingerprint density at radius 2 is 1.43 bits per heavy atom. The molecule has 0 radical (unpaired) electrons. The zero-order valence-corrected chi connectivity index (χ0v) is 15.9. The number of hydrogen-bond donors (Lipinski definition) is 2. The number of nitrogens with one attached hydrogen (secondary N) is 1. The molecule has 0 fully saturated rings. The average Bonchev–Trinajstić information content (AvgIpc) is 3.06. The summed E-state index contributed by atoms with van der Waals surface area (Å²) < 4.78 is 0. The van der Waals surface area contributed by atoms with Crippen molar-refractivity contribution in [1.29, 1.82) is 0 Å². The van der Waals surface area contributed by atoms with Crippen molar-refractivity contribution in [2.45, 2.75) is 0 Å². The highest BCUT2D eigenvalue weighted by molar-refractivity contribution is 7.73. The molecular weight excluding hydrogens is 369 g/mol. The van der Waals surface area contributed by atoms with E-state index in [4.69, 9.17) is 0 Å². The van der Waals surface area contributed by atoms with Crippen molar-refractivity contribution in [1.82, 2.24) is 4.98 Å². The number of amides is 1. The van der Waals surface area contributed by atoms with Crippen LogP contribution in [-0.4, -0.2) is 22.2 Å². The highest BCUT2D eigenvalue weighted by atomic mass is 31.1. The van der Waals surface area contributed by atoms with E-state index in [-0.39, 0.29) is 23.6 Å². The molecule has 0 aliphatic rings. The molecule has 5 nitrogen and oxygen atoms in total. The first kappa shape index (κ1) is 18.1.